The third-order valence-electron chi connectivity index (χ3n) is 2.61. The molecule has 6 heteroatoms. The van der Waals surface area contributed by atoms with Crippen molar-refractivity contribution in [1.82, 2.24) is 4.98 Å². The number of hydrogen-bond donors (Lipinski definition) is 1. The third kappa shape index (κ3) is 3.37. The number of nitrogens with zero attached hydrogens (tertiary/aromatic N) is 1. The molecule has 0 aliphatic heterocycles. The molecule has 1 atom stereocenters. The number of pyridine rings is 1. The van der Waals surface area contributed by atoms with E-state index in [2.05, 4.69) is 4.98 Å². The van der Waals surface area contributed by atoms with Gasteiger partial charge < -0.3 is 4.74 Å². The fourth-order valence-electron chi connectivity index (χ4n) is 1.54. The Morgan fingerprint density at radius 3 is 2.60 bits per heavy atom. The van der Waals surface area contributed by atoms with Crippen molar-refractivity contribution >= 4 is 27.4 Å². The van der Waals surface area contributed by atoms with Crippen molar-refractivity contribution in [2.24, 2.45) is 0 Å². The van der Waals surface area contributed by atoms with E-state index >= 15 is 0 Å². The molecule has 1 N–H and O–H groups in total. The molecule has 0 bridgehead atoms. The standard InChI is InChI=1S/C14H13ClN2O2S/c1-19-11-4-6-12(7-5-11)20(16,18)10-8-14-13(15)3-2-9-17-14/h2-10,16H,1H3/b10-8+. The molecule has 20 heavy (non-hydrogen) atoms. The molecule has 0 aliphatic carbocycles. The molecule has 1 aromatic heterocycles. The summed E-state index contributed by atoms with van der Waals surface area (Å²) in [4.78, 5) is 4.46. The molecule has 0 saturated heterocycles. The summed E-state index contributed by atoms with van der Waals surface area (Å²) in [6.45, 7) is 0. The number of aromatic nitrogens is 1. The molecule has 0 radical (unpaired) electrons. The Morgan fingerprint density at radius 2 is 2.00 bits per heavy atom. The van der Waals surface area contributed by atoms with Gasteiger partial charge in [-0.15, -0.1) is 0 Å². The lowest BCUT2D eigenvalue weighted by molar-refractivity contribution is 0.414. The van der Waals surface area contributed by atoms with Crippen molar-refractivity contribution in [1.29, 1.82) is 4.78 Å². The molecule has 0 saturated carbocycles. The van der Waals surface area contributed by atoms with Crippen LogP contribution in [0.1, 0.15) is 5.69 Å². The van der Waals surface area contributed by atoms with Crippen LogP contribution in [0.25, 0.3) is 6.08 Å². The Balaban J connectivity index is 2.29. The van der Waals surface area contributed by atoms with Crippen LogP contribution < -0.4 is 4.74 Å². The van der Waals surface area contributed by atoms with Crippen LogP contribution in [0, 0.1) is 4.78 Å². The Morgan fingerprint density at radius 1 is 1.30 bits per heavy atom. The summed E-state index contributed by atoms with van der Waals surface area (Å²) in [5.41, 5.74) is 0.489. The highest BCUT2D eigenvalue weighted by atomic mass is 35.5. The predicted molar refractivity (Wildman–Crippen MR) is 80.4 cm³/mol. The fourth-order valence-corrected chi connectivity index (χ4v) is 2.74. The van der Waals surface area contributed by atoms with Crippen LogP contribution in [0.5, 0.6) is 5.75 Å². The molecule has 2 rings (SSSR count). The molecule has 104 valence electrons. The van der Waals surface area contributed by atoms with Crippen LogP contribution >= 0.6 is 11.6 Å². The van der Waals surface area contributed by atoms with E-state index < -0.39 is 9.73 Å². The lowest BCUT2D eigenvalue weighted by Gasteiger charge is -2.04. The SMILES string of the molecule is COc1ccc(S(=N)(=O)/C=C/c2ncccc2Cl)cc1. The second kappa shape index (κ2) is 6.07. The second-order valence-electron chi connectivity index (χ2n) is 3.95. The van der Waals surface area contributed by atoms with Gasteiger partial charge in [0, 0.05) is 11.6 Å². The van der Waals surface area contributed by atoms with Gasteiger partial charge in [-0.05, 0) is 42.5 Å². The number of ether oxygens (including phenoxy) is 1. The first-order valence-electron chi connectivity index (χ1n) is 5.74. The summed E-state index contributed by atoms with van der Waals surface area (Å²) in [7, 11) is -1.48. The number of hydrogen-bond acceptors (Lipinski definition) is 4. The normalized spacial score (nSPS) is 14.1. The van der Waals surface area contributed by atoms with E-state index in [1.807, 2.05) is 0 Å². The smallest absolute Gasteiger partial charge is 0.118 e. The lowest BCUT2D eigenvalue weighted by Crippen LogP contribution is -1.94. The minimum absolute atomic E-state index is 0.404. The van der Waals surface area contributed by atoms with Crippen molar-refractivity contribution < 1.29 is 8.95 Å². The number of benzene rings is 1. The monoisotopic (exact) mass is 308 g/mol. The van der Waals surface area contributed by atoms with Crippen molar-refractivity contribution in [3.63, 3.8) is 0 Å². The maximum atomic E-state index is 12.3. The minimum Gasteiger partial charge on any atom is -0.497 e. The van der Waals surface area contributed by atoms with Crippen LogP contribution in [0.2, 0.25) is 5.02 Å². The van der Waals surface area contributed by atoms with E-state index in [1.54, 1.807) is 49.7 Å². The summed E-state index contributed by atoms with van der Waals surface area (Å²) in [5.74, 6) is 0.653. The Labute approximate surface area is 123 Å². The van der Waals surface area contributed by atoms with Gasteiger partial charge in [0.05, 0.1) is 32.5 Å². The molecule has 1 unspecified atom stereocenters. The van der Waals surface area contributed by atoms with Gasteiger partial charge in [-0.2, -0.15) is 0 Å². The van der Waals surface area contributed by atoms with Gasteiger partial charge in [-0.3, -0.25) is 4.98 Å². The number of nitrogens with one attached hydrogen (secondary N) is 1. The van der Waals surface area contributed by atoms with Crippen LogP contribution in [0.3, 0.4) is 0 Å². The first kappa shape index (κ1) is 14.6. The Kier molecular flexibility index (Phi) is 4.42. The summed E-state index contributed by atoms with van der Waals surface area (Å²) < 4.78 is 25.3. The number of halogens is 1. The zero-order valence-electron chi connectivity index (χ0n) is 10.7. The summed E-state index contributed by atoms with van der Waals surface area (Å²) in [5, 5.41) is 1.76. The van der Waals surface area contributed by atoms with Gasteiger partial charge in [0.1, 0.15) is 5.75 Å². The van der Waals surface area contributed by atoms with E-state index in [9.17, 15) is 4.21 Å². The van der Waals surface area contributed by atoms with E-state index in [1.165, 1.54) is 11.5 Å². The average Bonchev–Trinajstić information content (AvgIpc) is 2.46. The molecule has 0 aliphatic rings. The van der Waals surface area contributed by atoms with Crippen molar-refractivity contribution in [3.05, 3.63) is 58.7 Å². The van der Waals surface area contributed by atoms with Crippen LogP contribution in [0.15, 0.2) is 52.9 Å². The summed E-state index contributed by atoms with van der Waals surface area (Å²) in [6.07, 6.45) is 3.09. The highest BCUT2D eigenvalue weighted by molar-refractivity contribution is 7.95. The van der Waals surface area contributed by atoms with Gasteiger partial charge in [-0.1, -0.05) is 11.6 Å². The first-order valence-corrected chi connectivity index (χ1v) is 7.74. The van der Waals surface area contributed by atoms with Gasteiger partial charge in [0.25, 0.3) is 0 Å². The largest absolute Gasteiger partial charge is 0.497 e. The average molecular weight is 309 g/mol. The zero-order chi connectivity index (χ0) is 14.6. The van der Waals surface area contributed by atoms with E-state index in [0.29, 0.717) is 21.4 Å². The molecule has 2 aromatic rings. The van der Waals surface area contributed by atoms with Gasteiger partial charge in [0.15, 0.2) is 0 Å². The zero-order valence-corrected chi connectivity index (χ0v) is 12.3. The van der Waals surface area contributed by atoms with E-state index in [0.717, 1.165) is 0 Å². The number of methoxy groups -OCH3 is 1. The minimum atomic E-state index is -3.03. The van der Waals surface area contributed by atoms with Crippen molar-refractivity contribution in [2.75, 3.05) is 7.11 Å². The fraction of sp³-hybridized carbons (Fsp3) is 0.0714. The third-order valence-corrected chi connectivity index (χ3v) is 4.43. The highest BCUT2D eigenvalue weighted by Crippen LogP contribution is 2.20. The quantitative estimate of drug-likeness (QED) is 0.934. The molecule has 1 aromatic carbocycles. The van der Waals surface area contributed by atoms with E-state index in [-0.39, 0.29) is 0 Å². The van der Waals surface area contributed by atoms with Gasteiger partial charge in [-0.25, -0.2) is 8.99 Å². The number of rotatable bonds is 4. The first-order chi connectivity index (χ1) is 9.53. The summed E-state index contributed by atoms with van der Waals surface area (Å²) in [6, 6.07) is 9.96. The van der Waals surface area contributed by atoms with Crippen LogP contribution in [-0.2, 0) is 9.73 Å². The predicted octanol–water partition coefficient (Wildman–Crippen LogP) is 3.82. The highest BCUT2D eigenvalue weighted by Gasteiger charge is 2.07. The molecule has 1 heterocycles. The molecular formula is C14H13ClN2O2S. The molecule has 0 spiro atoms. The molecule has 0 amide bonds. The maximum Gasteiger partial charge on any atom is 0.118 e. The molecular weight excluding hydrogens is 296 g/mol. The summed E-state index contributed by atoms with van der Waals surface area (Å²) >= 11 is 5.95. The molecule has 0 fully saturated rings. The topological polar surface area (TPSA) is 63.0 Å². The maximum absolute atomic E-state index is 12.3. The van der Waals surface area contributed by atoms with E-state index in [4.69, 9.17) is 21.1 Å². The van der Waals surface area contributed by atoms with Crippen molar-refractivity contribution in [3.8, 4) is 5.75 Å². The Hall–Kier alpha value is -1.85. The lowest BCUT2D eigenvalue weighted by atomic mass is 10.3. The van der Waals surface area contributed by atoms with Crippen LogP contribution in [0.4, 0.5) is 0 Å². The van der Waals surface area contributed by atoms with Crippen LogP contribution in [-0.4, -0.2) is 16.3 Å². The molecule has 4 nitrogen and oxygen atoms in total. The van der Waals surface area contributed by atoms with Gasteiger partial charge >= 0.3 is 0 Å². The second-order valence-corrected chi connectivity index (χ2v) is 6.30. The van der Waals surface area contributed by atoms with Crippen molar-refractivity contribution in [2.45, 2.75) is 4.90 Å². The Bertz CT molecular complexity index is 725. The van der Waals surface area contributed by atoms with Gasteiger partial charge in [0.2, 0.25) is 0 Å².